The molecule has 0 aliphatic rings. The number of hydrogen-bond acceptors (Lipinski definition) is 4. The highest BCUT2D eigenvalue weighted by molar-refractivity contribution is 7.93. The summed E-state index contributed by atoms with van der Waals surface area (Å²) >= 11 is 11.7. The van der Waals surface area contributed by atoms with E-state index in [2.05, 4.69) is 4.98 Å². The van der Waals surface area contributed by atoms with Gasteiger partial charge in [-0.15, -0.1) is 0 Å². The molecule has 5 nitrogen and oxygen atoms in total. The van der Waals surface area contributed by atoms with Gasteiger partial charge >= 0.3 is 0 Å². The second-order valence-electron chi connectivity index (χ2n) is 3.97. The minimum atomic E-state index is -3.91. The van der Waals surface area contributed by atoms with E-state index in [0.29, 0.717) is 0 Å². The molecule has 0 unspecified atom stereocenters. The zero-order valence-corrected chi connectivity index (χ0v) is 12.7. The highest BCUT2D eigenvalue weighted by Gasteiger charge is 2.27. The van der Waals surface area contributed by atoms with Gasteiger partial charge in [0.1, 0.15) is 10.7 Å². The lowest BCUT2D eigenvalue weighted by atomic mass is 10.3. The number of pyridine rings is 1. The fourth-order valence-electron chi connectivity index (χ4n) is 1.65. The van der Waals surface area contributed by atoms with Crippen LogP contribution in [0.25, 0.3) is 0 Å². The van der Waals surface area contributed by atoms with Crippen LogP contribution in [0.15, 0.2) is 41.4 Å². The molecule has 20 heavy (non-hydrogen) atoms. The smallest absolute Gasteiger partial charge is 0.268 e. The molecule has 0 aliphatic heterocycles. The quantitative estimate of drug-likeness (QED) is 0.877. The molecule has 0 spiro atoms. The van der Waals surface area contributed by atoms with Gasteiger partial charge < -0.3 is 5.73 Å². The minimum absolute atomic E-state index is 0.00900. The molecule has 0 amide bonds. The highest BCUT2D eigenvalue weighted by atomic mass is 35.5. The molecule has 2 rings (SSSR count). The van der Waals surface area contributed by atoms with E-state index in [1.54, 1.807) is 18.2 Å². The number of nitrogens with zero attached hydrogens (tertiary/aromatic N) is 2. The van der Waals surface area contributed by atoms with Gasteiger partial charge in [-0.3, -0.25) is 4.31 Å². The molecule has 0 radical (unpaired) electrons. The predicted molar refractivity (Wildman–Crippen MR) is 80.7 cm³/mol. The van der Waals surface area contributed by atoms with E-state index in [0.717, 1.165) is 4.31 Å². The molecule has 0 bridgehead atoms. The monoisotopic (exact) mass is 331 g/mol. The van der Waals surface area contributed by atoms with Crippen molar-refractivity contribution in [3.8, 4) is 0 Å². The molecule has 106 valence electrons. The van der Waals surface area contributed by atoms with Crippen LogP contribution in [-0.2, 0) is 10.0 Å². The molecule has 0 saturated heterocycles. The topological polar surface area (TPSA) is 76.3 Å². The van der Waals surface area contributed by atoms with Gasteiger partial charge in [-0.05, 0) is 24.3 Å². The van der Waals surface area contributed by atoms with Crippen LogP contribution >= 0.6 is 23.2 Å². The number of nitrogen functional groups attached to an aromatic ring is 1. The number of nitrogens with two attached hydrogens (primary N) is 1. The van der Waals surface area contributed by atoms with Crippen molar-refractivity contribution >= 4 is 44.7 Å². The van der Waals surface area contributed by atoms with Gasteiger partial charge in [0.25, 0.3) is 10.0 Å². The third kappa shape index (κ3) is 2.67. The van der Waals surface area contributed by atoms with Crippen LogP contribution in [0.2, 0.25) is 10.0 Å². The molecule has 0 fully saturated rings. The lowest BCUT2D eigenvalue weighted by Crippen LogP contribution is -2.28. The van der Waals surface area contributed by atoms with Gasteiger partial charge in [-0.2, -0.15) is 0 Å². The molecular formula is C12H11Cl2N3O2S. The van der Waals surface area contributed by atoms with Crippen LogP contribution < -0.4 is 10.0 Å². The maximum Gasteiger partial charge on any atom is 0.268 e. The Hall–Kier alpha value is -1.50. The van der Waals surface area contributed by atoms with E-state index < -0.39 is 10.0 Å². The summed E-state index contributed by atoms with van der Waals surface area (Å²) < 4.78 is 26.1. The van der Waals surface area contributed by atoms with Crippen molar-refractivity contribution in [1.29, 1.82) is 0 Å². The second-order valence-corrected chi connectivity index (χ2v) is 6.72. The summed E-state index contributed by atoms with van der Waals surface area (Å²) in [6.07, 6.45) is 1.49. The van der Waals surface area contributed by atoms with Gasteiger partial charge in [-0.1, -0.05) is 29.3 Å². The van der Waals surface area contributed by atoms with Crippen LogP contribution in [0.5, 0.6) is 0 Å². The zero-order chi connectivity index (χ0) is 14.9. The Labute approximate surface area is 127 Å². The van der Waals surface area contributed by atoms with Crippen molar-refractivity contribution in [3.63, 3.8) is 0 Å². The largest absolute Gasteiger partial charge is 0.398 e. The number of hydrogen-bond donors (Lipinski definition) is 1. The Morgan fingerprint density at radius 2 is 1.95 bits per heavy atom. The van der Waals surface area contributed by atoms with Crippen LogP contribution in [-0.4, -0.2) is 20.4 Å². The summed E-state index contributed by atoms with van der Waals surface area (Å²) in [5, 5.41) is 0.240. The number of anilines is 2. The first-order valence-corrected chi connectivity index (χ1v) is 7.68. The van der Waals surface area contributed by atoms with Crippen molar-refractivity contribution in [2.75, 3.05) is 17.1 Å². The van der Waals surface area contributed by atoms with Crippen LogP contribution in [0, 0.1) is 0 Å². The summed E-state index contributed by atoms with van der Waals surface area (Å²) in [4.78, 5) is 3.80. The summed E-state index contributed by atoms with van der Waals surface area (Å²) in [7, 11) is -2.54. The Morgan fingerprint density at radius 3 is 2.50 bits per heavy atom. The van der Waals surface area contributed by atoms with Crippen molar-refractivity contribution in [3.05, 3.63) is 46.6 Å². The molecule has 1 aromatic heterocycles. The van der Waals surface area contributed by atoms with E-state index in [-0.39, 0.29) is 26.4 Å². The first-order chi connectivity index (χ1) is 9.34. The van der Waals surface area contributed by atoms with Crippen molar-refractivity contribution in [1.82, 2.24) is 4.98 Å². The molecular weight excluding hydrogens is 321 g/mol. The Morgan fingerprint density at radius 1 is 1.25 bits per heavy atom. The highest BCUT2D eigenvalue weighted by Crippen LogP contribution is 2.33. The molecule has 8 heteroatoms. The van der Waals surface area contributed by atoms with Crippen LogP contribution in [0.4, 0.5) is 11.5 Å². The first-order valence-electron chi connectivity index (χ1n) is 5.48. The molecule has 2 N–H and O–H groups in total. The predicted octanol–water partition coefficient (Wildman–Crippen LogP) is 2.80. The maximum atomic E-state index is 12.6. The van der Waals surface area contributed by atoms with Gasteiger partial charge in [0.2, 0.25) is 0 Å². The van der Waals surface area contributed by atoms with Gasteiger partial charge in [0, 0.05) is 18.3 Å². The van der Waals surface area contributed by atoms with Gasteiger partial charge in [-0.25, -0.2) is 13.4 Å². The second kappa shape index (κ2) is 5.47. The Balaban J connectivity index is 2.57. The number of benzene rings is 1. The lowest BCUT2D eigenvalue weighted by molar-refractivity contribution is 0.594. The molecule has 2 aromatic rings. The normalized spacial score (nSPS) is 11.3. The summed E-state index contributed by atoms with van der Waals surface area (Å²) in [5.74, 6) is 0.262. The van der Waals surface area contributed by atoms with Crippen LogP contribution in [0.3, 0.4) is 0 Å². The molecule has 1 heterocycles. The molecule has 1 aromatic carbocycles. The van der Waals surface area contributed by atoms with E-state index in [1.165, 1.54) is 25.4 Å². The SMILES string of the molecule is CN(c1ccccn1)S(=O)(=O)c1c(N)cc(Cl)cc1Cl. The summed E-state index contributed by atoms with van der Waals surface area (Å²) in [6.45, 7) is 0. The van der Waals surface area contributed by atoms with Gasteiger partial charge in [0.15, 0.2) is 0 Å². The fourth-order valence-corrected chi connectivity index (χ4v) is 3.74. The minimum Gasteiger partial charge on any atom is -0.398 e. The zero-order valence-electron chi connectivity index (χ0n) is 10.4. The molecule has 0 aliphatic carbocycles. The van der Waals surface area contributed by atoms with E-state index >= 15 is 0 Å². The maximum absolute atomic E-state index is 12.6. The fraction of sp³-hybridized carbons (Fsp3) is 0.0833. The first kappa shape index (κ1) is 14.9. The van der Waals surface area contributed by atoms with Crippen molar-refractivity contribution in [2.45, 2.75) is 4.90 Å². The van der Waals surface area contributed by atoms with Crippen molar-refractivity contribution < 1.29 is 8.42 Å². The van der Waals surface area contributed by atoms with E-state index in [9.17, 15) is 8.42 Å². The molecule has 0 saturated carbocycles. The third-order valence-corrected chi connectivity index (χ3v) is 5.14. The standard InChI is InChI=1S/C12H11Cl2N3O2S/c1-17(11-4-2-3-5-16-11)20(18,19)12-9(14)6-8(13)7-10(12)15/h2-7H,15H2,1H3. The van der Waals surface area contributed by atoms with E-state index in [4.69, 9.17) is 28.9 Å². The van der Waals surface area contributed by atoms with Gasteiger partial charge in [0.05, 0.1) is 10.7 Å². The third-order valence-electron chi connectivity index (χ3n) is 2.63. The summed E-state index contributed by atoms with van der Waals surface area (Å²) in [5.41, 5.74) is 5.72. The number of aromatic nitrogens is 1. The number of rotatable bonds is 3. The van der Waals surface area contributed by atoms with Crippen LogP contribution in [0.1, 0.15) is 0 Å². The Kier molecular flexibility index (Phi) is 4.08. The average molecular weight is 332 g/mol. The number of halogens is 2. The van der Waals surface area contributed by atoms with E-state index in [1.807, 2.05) is 0 Å². The molecule has 0 atom stereocenters. The average Bonchev–Trinajstić information content (AvgIpc) is 2.37. The Bertz CT molecular complexity index is 713. The van der Waals surface area contributed by atoms with Crippen molar-refractivity contribution in [2.24, 2.45) is 0 Å². The summed E-state index contributed by atoms with van der Waals surface area (Å²) in [6, 6.07) is 7.61. The lowest BCUT2D eigenvalue weighted by Gasteiger charge is -2.20. The number of sulfonamides is 1.